The van der Waals surface area contributed by atoms with E-state index in [1.54, 1.807) is 4.90 Å². The number of unbranched alkanes of at least 4 members (excludes halogenated alkanes) is 1. The lowest BCUT2D eigenvalue weighted by molar-refractivity contribution is -0.120. The lowest BCUT2D eigenvalue weighted by Crippen LogP contribution is -2.53. The van der Waals surface area contributed by atoms with Crippen molar-refractivity contribution in [3.63, 3.8) is 0 Å². The van der Waals surface area contributed by atoms with Crippen molar-refractivity contribution in [3.8, 4) is 5.88 Å². The molecule has 1 aromatic rings. The van der Waals surface area contributed by atoms with Gasteiger partial charge in [0.25, 0.3) is 0 Å². The Morgan fingerprint density at radius 2 is 1.89 bits per heavy atom. The molecule has 35 heavy (non-hydrogen) atoms. The van der Waals surface area contributed by atoms with Gasteiger partial charge in [0.2, 0.25) is 21.8 Å². The molecule has 0 radical (unpaired) electrons. The Morgan fingerprint density at radius 3 is 2.49 bits per heavy atom. The number of sulfonamides is 1. The first-order valence-electron chi connectivity index (χ1n) is 12.4. The van der Waals surface area contributed by atoms with Gasteiger partial charge >= 0.3 is 6.09 Å². The van der Waals surface area contributed by atoms with Gasteiger partial charge in [0.1, 0.15) is 5.60 Å². The van der Waals surface area contributed by atoms with E-state index in [4.69, 9.17) is 9.47 Å². The van der Waals surface area contributed by atoms with Crippen molar-refractivity contribution in [1.29, 1.82) is 0 Å². The number of rotatable bonds is 9. The second-order valence-electron chi connectivity index (χ2n) is 9.82. The minimum absolute atomic E-state index is 0.0607. The van der Waals surface area contributed by atoms with Crippen LogP contribution in [-0.4, -0.2) is 90.3 Å². The van der Waals surface area contributed by atoms with Crippen LogP contribution in [0.1, 0.15) is 52.4 Å². The summed E-state index contributed by atoms with van der Waals surface area (Å²) in [5.74, 6) is 0.793. The molecule has 1 aromatic heterocycles. The normalized spacial score (nSPS) is 21.1. The highest BCUT2D eigenvalue weighted by molar-refractivity contribution is 7.89. The molecule has 2 aliphatic heterocycles. The molecule has 0 spiro atoms. The summed E-state index contributed by atoms with van der Waals surface area (Å²) in [5, 5.41) is 0. The summed E-state index contributed by atoms with van der Waals surface area (Å²) in [6.07, 6.45) is 7.64. The topological polar surface area (TPSA) is 122 Å². The number of aromatic nitrogens is 2. The fraction of sp³-hybridized carbons (Fsp3) is 0.739. The van der Waals surface area contributed by atoms with Crippen LogP contribution in [0.4, 0.5) is 10.6 Å². The molecule has 0 N–H and O–H groups in total. The number of nitrogens with zero attached hydrogens (tertiary/aromatic N) is 5. The van der Waals surface area contributed by atoms with Crippen LogP contribution in [0.15, 0.2) is 12.4 Å². The lowest BCUT2D eigenvalue weighted by Gasteiger charge is -2.33. The molecular weight excluding hydrogens is 474 g/mol. The van der Waals surface area contributed by atoms with Crippen LogP contribution in [0.25, 0.3) is 0 Å². The van der Waals surface area contributed by atoms with Crippen LogP contribution in [0.3, 0.4) is 0 Å². The Morgan fingerprint density at radius 1 is 1.14 bits per heavy atom. The summed E-state index contributed by atoms with van der Waals surface area (Å²) in [4.78, 5) is 36.6. The zero-order valence-electron chi connectivity index (χ0n) is 20.5. The van der Waals surface area contributed by atoms with Gasteiger partial charge in [0.15, 0.2) is 5.82 Å². The van der Waals surface area contributed by atoms with Gasteiger partial charge in [-0.25, -0.2) is 23.2 Å². The summed E-state index contributed by atoms with van der Waals surface area (Å²) in [5.41, 5.74) is -0.258. The maximum atomic E-state index is 12.6. The number of amides is 2. The lowest BCUT2D eigenvalue weighted by atomic mass is 9.98. The van der Waals surface area contributed by atoms with Crippen molar-refractivity contribution in [2.75, 3.05) is 50.0 Å². The molecule has 3 heterocycles. The van der Waals surface area contributed by atoms with Crippen LogP contribution in [-0.2, 0) is 19.6 Å². The smallest absolute Gasteiger partial charge is 0.410 e. The van der Waals surface area contributed by atoms with E-state index < -0.39 is 10.0 Å². The zero-order chi connectivity index (χ0) is 25.1. The maximum absolute atomic E-state index is 12.6. The van der Waals surface area contributed by atoms with E-state index in [-0.39, 0.29) is 43.0 Å². The van der Waals surface area contributed by atoms with Crippen LogP contribution in [0.5, 0.6) is 5.88 Å². The van der Waals surface area contributed by atoms with Gasteiger partial charge in [-0.05, 0) is 44.9 Å². The second-order valence-corrected chi connectivity index (χ2v) is 11.9. The fourth-order valence-corrected chi connectivity index (χ4v) is 5.73. The number of piperidine rings is 1. The zero-order valence-corrected chi connectivity index (χ0v) is 21.3. The molecule has 194 valence electrons. The van der Waals surface area contributed by atoms with Crippen molar-refractivity contribution in [2.45, 2.75) is 58.0 Å². The molecule has 0 bridgehead atoms. The number of carbonyl (C=O) groups is 2. The largest absolute Gasteiger partial charge is 0.476 e. The summed E-state index contributed by atoms with van der Waals surface area (Å²) in [6, 6.07) is 0. The number of anilines is 1. The van der Waals surface area contributed by atoms with Gasteiger partial charge in [-0.1, -0.05) is 13.3 Å². The Labute approximate surface area is 206 Å². The Balaban J connectivity index is 1.21. The first-order valence-corrected chi connectivity index (χ1v) is 14.0. The predicted molar refractivity (Wildman–Crippen MR) is 129 cm³/mol. The van der Waals surface area contributed by atoms with E-state index in [1.807, 2.05) is 13.8 Å². The van der Waals surface area contributed by atoms with Crippen molar-refractivity contribution < 1.29 is 27.5 Å². The molecule has 12 heteroatoms. The molecule has 0 aromatic carbocycles. The summed E-state index contributed by atoms with van der Waals surface area (Å²) in [7, 11) is -3.42. The quantitative estimate of drug-likeness (QED) is 0.496. The SMILES string of the molecule is CCCCS(=O)(=O)N1CCN(c2cnc(OCC3CCN(C(=O)OC4(C)CC4)CC3)cn2)C(=O)C1. The van der Waals surface area contributed by atoms with E-state index >= 15 is 0 Å². The second kappa shape index (κ2) is 10.7. The van der Waals surface area contributed by atoms with E-state index in [2.05, 4.69) is 9.97 Å². The highest BCUT2D eigenvalue weighted by atomic mass is 32.2. The highest BCUT2D eigenvalue weighted by Gasteiger charge is 2.43. The predicted octanol–water partition coefficient (Wildman–Crippen LogP) is 2.04. The number of piperazine rings is 1. The van der Waals surface area contributed by atoms with Gasteiger partial charge in [-0.3, -0.25) is 9.69 Å². The third kappa shape index (κ3) is 6.60. The molecule has 2 saturated heterocycles. The average molecular weight is 510 g/mol. The summed E-state index contributed by atoms with van der Waals surface area (Å²) in [6.45, 7) is 5.96. The first-order chi connectivity index (χ1) is 16.7. The van der Waals surface area contributed by atoms with E-state index in [0.29, 0.717) is 43.7 Å². The third-order valence-corrected chi connectivity index (χ3v) is 8.76. The van der Waals surface area contributed by atoms with Gasteiger partial charge in [0.05, 0.1) is 31.3 Å². The molecular formula is C23H35N5O6S. The number of likely N-dealkylation sites (tertiary alicyclic amines) is 1. The van der Waals surface area contributed by atoms with Crippen molar-refractivity contribution in [3.05, 3.63) is 12.4 Å². The fourth-order valence-electron chi connectivity index (χ4n) is 4.15. The van der Waals surface area contributed by atoms with Gasteiger partial charge in [0, 0.05) is 26.2 Å². The van der Waals surface area contributed by atoms with Crippen LogP contribution < -0.4 is 9.64 Å². The number of hydrogen-bond donors (Lipinski definition) is 0. The minimum Gasteiger partial charge on any atom is -0.476 e. The monoisotopic (exact) mass is 509 g/mol. The molecule has 0 unspecified atom stereocenters. The van der Waals surface area contributed by atoms with E-state index in [9.17, 15) is 18.0 Å². The van der Waals surface area contributed by atoms with Gasteiger partial charge in [-0.15, -0.1) is 0 Å². The Hall–Kier alpha value is -2.47. The Bertz CT molecular complexity index is 1010. The Kier molecular flexibility index (Phi) is 7.80. The molecule has 11 nitrogen and oxygen atoms in total. The average Bonchev–Trinajstić information content (AvgIpc) is 3.58. The van der Waals surface area contributed by atoms with Crippen LogP contribution >= 0.6 is 0 Å². The van der Waals surface area contributed by atoms with Crippen LogP contribution in [0, 0.1) is 5.92 Å². The third-order valence-electron chi connectivity index (χ3n) is 6.85. The van der Waals surface area contributed by atoms with E-state index in [1.165, 1.54) is 21.6 Å². The highest BCUT2D eigenvalue weighted by Crippen LogP contribution is 2.39. The molecule has 1 aliphatic carbocycles. The number of carbonyl (C=O) groups excluding carboxylic acids is 2. The number of ether oxygens (including phenoxy) is 2. The van der Waals surface area contributed by atoms with Crippen molar-refractivity contribution >= 4 is 27.8 Å². The van der Waals surface area contributed by atoms with E-state index in [0.717, 1.165) is 32.1 Å². The minimum atomic E-state index is -3.42. The maximum Gasteiger partial charge on any atom is 0.410 e. The summed E-state index contributed by atoms with van der Waals surface area (Å²) >= 11 is 0. The molecule has 3 aliphatic rings. The molecule has 1 saturated carbocycles. The molecule has 2 amide bonds. The number of hydrogen-bond acceptors (Lipinski definition) is 8. The molecule has 4 rings (SSSR count). The van der Waals surface area contributed by atoms with Crippen LogP contribution in [0.2, 0.25) is 0 Å². The summed E-state index contributed by atoms with van der Waals surface area (Å²) < 4.78 is 37.3. The molecule has 3 fully saturated rings. The standard InChI is InChI=1S/C23H35N5O6S/c1-3-4-13-35(31,32)27-11-12-28(21(29)16-27)19-14-25-20(15-24-19)33-17-18-5-9-26(10-6-18)22(30)34-23(2)7-8-23/h14-15,18H,3-13,16-17H2,1-2H3. The van der Waals surface area contributed by atoms with Crippen molar-refractivity contribution in [2.24, 2.45) is 5.92 Å². The van der Waals surface area contributed by atoms with Crippen molar-refractivity contribution in [1.82, 2.24) is 19.2 Å². The first kappa shape index (κ1) is 25.6. The molecule has 0 atom stereocenters. The van der Waals surface area contributed by atoms with Gasteiger partial charge < -0.3 is 14.4 Å². The van der Waals surface area contributed by atoms with Gasteiger partial charge in [-0.2, -0.15) is 4.31 Å².